The van der Waals surface area contributed by atoms with E-state index in [0.29, 0.717) is 5.56 Å². The molecule has 0 fully saturated rings. The molecule has 3 heteroatoms. The summed E-state index contributed by atoms with van der Waals surface area (Å²) in [4.78, 5) is 10.7. The number of benzene rings is 1. The van der Waals surface area contributed by atoms with Crippen molar-refractivity contribution >= 4 is 22.2 Å². The summed E-state index contributed by atoms with van der Waals surface area (Å²) >= 11 is 3.28. The highest BCUT2D eigenvalue weighted by atomic mass is 79.9. The van der Waals surface area contributed by atoms with Crippen molar-refractivity contribution in [3.8, 4) is 0 Å². The molecule has 0 atom stereocenters. The first-order valence-electron chi connectivity index (χ1n) is 3.89. The Bertz CT molecular complexity index is 334. The average Bonchev–Trinajstić information content (AvgIpc) is 2.09. The first-order valence-corrected chi connectivity index (χ1v) is 4.68. The number of carbonyl (C=O) groups excluding carboxylic acids is 1. The Hall–Kier alpha value is -0.700. The minimum absolute atomic E-state index is 0.326. The third-order valence-corrected chi connectivity index (χ3v) is 2.61. The van der Waals surface area contributed by atoms with E-state index in [1.807, 2.05) is 0 Å². The first-order chi connectivity index (χ1) is 5.97. The highest BCUT2D eigenvalue weighted by Gasteiger charge is 2.22. The third kappa shape index (κ3) is 2.15. The van der Waals surface area contributed by atoms with E-state index in [0.717, 1.165) is 10.8 Å². The number of aldehydes is 1. The summed E-state index contributed by atoms with van der Waals surface area (Å²) < 4.78 is 13.6. The van der Waals surface area contributed by atoms with Gasteiger partial charge in [0.25, 0.3) is 0 Å². The zero-order chi connectivity index (χ0) is 10.1. The van der Waals surface area contributed by atoms with Crippen LogP contribution in [0.4, 0.5) is 4.39 Å². The monoisotopic (exact) mass is 244 g/mol. The summed E-state index contributed by atoms with van der Waals surface area (Å²) in [6.07, 6.45) is 0.812. The van der Waals surface area contributed by atoms with Gasteiger partial charge >= 0.3 is 0 Å². The Morgan fingerprint density at radius 2 is 2.08 bits per heavy atom. The van der Waals surface area contributed by atoms with Crippen LogP contribution in [0, 0.1) is 5.82 Å². The van der Waals surface area contributed by atoms with Crippen LogP contribution in [0.5, 0.6) is 0 Å². The molecule has 1 aromatic carbocycles. The summed E-state index contributed by atoms with van der Waals surface area (Å²) in [6.45, 7) is 3.50. The fourth-order valence-corrected chi connectivity index (χ4v) is 1.81. The van der Waals surface area contributed by atoms with Gasteiger partial charge in [0.1, 0.15) is 12.1 Å². The topological polar surface area (TPSA) is 17.1 Å². The molecule has 1 rings (SSSR count). The van der Waals surface area contributed by atoms with E-state index in [4.69, 9.17) is 0 Å². The predicted octanol–water partition coefficient (Wildman–Crippen LogP) is 3.06. The standard InChI is InChI=1S/C10H10BrFO/c1-10(2,6-13)8-5-7(12)3-4-9(8)11/h3-6H,1-2H3. The van der Waals surface area contributed by atoms with Gasteiger partial charge in [-0.3, -0.25) is 0 Å². The van der Waals surface area contributed by atoms with Gasteiger partial charge in [0, 0.05) is 9.89 Å². The molecular weight excluding hydrogens is 235 g/mol. The van der Waals surface area contributed by atoms with Crippen LogP contribution in [-0.2, 0) is 10.2 Å². The van der Waals surface area contributed by atoms with Crippen LogP contribution < -0.4 is 0 Å². The Labute approximate surface area is 85.1 Å². The number of hydrogen-bond donors (Lipinski definition) is 0. The molecule has 0 amide bonds. The van der Waals surface area contributed by atoms with Crippen molar-refractivity contribution in [3.63, 3.8) is 0 Å². The van der Waals surface area contributed by atoms with Gasteiger partial charge in [-0.05, 0) is 37.6 Å². The Morgan fingerprint density at radius 1 is 1.46 bits per heavy atom. The maximum Gasteiger partial charge on any atom is 0.130 e. The molecule has 0 saturated heterocycles. The third-order valence-electron chi connectivity index (χ3n) is 1.92. The summed E-state index contributed by atoms with van der Waals surface area (Å²) in [7, 11) is 0. The zero-order valence-corrected chi connectivity index (χ0v) is 9.06. The molecule has 0 saturated carbocycles. The van der Waals surface area contributed by atoms with Crippen LogP contribution >= 0.6 is 15.9 Å². The van der Waals surface area contributed by atoms with Gasteiger partial charge in [-0.25, -0.2) is 4.39 Å². The first kappa shape index (κ1) is 10.4. The molecule has 1 nitrogen and oxygen atoms in total. The van der Waals surface area contributed by atoms with E-state index in [1.54, 1.807) is 19.9 Å². The van der Waals surface area contributed by atoms with Crippen molar-refractivity contribution in [2.75, 3.05) is 0 Å². The molecule has 0 radical (unpaired) electrons. The van der Waals surface area contributed by atoms with Gasteiger partial charge in [-0.15, -0.1) is 0 Å². The molecule has 0 spiro atoms. The number of halogens is 2. The van der Waals surface area contributed by atoms with Crippen molar-refractivity contribution in [3.05, 3.63) is 34.1 Å². The lowest BCUT2D eigenvalue weighted by Gasteiger charge is -2.18. The Balaban J connectivity index is 3.28. The zero-order valence-electron chi connectivity index (χ0n) is 7.47. The van der Waals surface area contributed by atoms with Gasteiger partial charge in [-0.1, -0.05) is 15.9 Å². The number of hydrogen-bond acceptors (Lipinski definition) is 1. The molecular formula is C10H10BrFO. The molecule has 0 N–H and O–H groups in total. The van der Waals surface area contributed by atoms with E-state index >= 15 is 0 Å². The molecule has 0 bridgehead atoms. The summed E-state index contributed by atoms with van der Waals surface area (Å²) in [5.74, 6) is -0.326. The maximum atomic E-state index is 12.9. The molecule has 0 heterocycles. The van der Waals surface area contributed by atoms with Crippen molar-refractivity contribution in [2.45, 2.75) is 19.3 Å². The van der Waals surface area contributed by atoms with Gasteiger partial charge in [0.2, 0.25) is 0 Å². The normalized spacial score (nSPS) is 11.4. The highest BCUT2D eigenvalue weighted by Crippen LogP contribution is 2.28. The lowest BCUT2D eigenvalue weighted by Crippen LogP contribution is -2.19. The van der Waals surface area contributed by atoms with E-state index in [1.165, 1.54) is 12.1 Å². The maximum absolute atomic E-state index is 12.9. The quantitative estimate of drug-likeness (QED) is 0.732. The molecule has 0 aliphatic heterocycles. The highest BCUT2D eigenvalue weighted by molar-refractivity contribution is 9.10. The van der Waals surface area contributed by atoms with Crippen LogP contribution in [0.2, 0.25) is 0 Å². The average molecular weight is 245 g/mol. The van der Waals surface area contributed by atoms with Crippen LogP contribution in [0.25, 0.3) is 0 Å². The van der Waals surface area contributed by atoms with Gasteiger partial charge < -0.3 is 4.79 Å². The van der Waals surface area contributed by atoms with E-state index in [-0.39, 0.29) is 5.82 Å². The molecule has 0 aliphatic rings. The van der Waals surface area contributed by atoms with Gasteiger partial charge in [0.15, 0.2) is 0 Å². The predicted molar refractivity (Wildman–Crippen MR) is 53.2 cm³/mol. The lowest BCUT2D eigenvalue weighted by molar-refractivity contribution is -0.111. The van der Waals surface area contributed by atoms with Crippen molar-refractivity contribution in [1.29, 1.82) is 0 Å². The second kappa shape index (κ2) is 3.58. The van der Waals surface area contributed by atoms with Crippen LogP contribution in [0.15, 0.2) is 22.7 Å². The fourth-order valence-electron chi connectivity index (χ4n) is 1.05. The van der Waals surface area contributed by atoms with E-state index in [2.05, 4.69) is 15.9 Å². The SMILES string of the molecule is CC(C)(C=O)c1cc(F)ccc1Br. The smallest absolute Gasteiger partial charge is 0.130 e. The molecule has 1 aromatic rings. The minimum Gasteiger partial charge on any atom is -0.302 e. The summed E-state index contributed by atoms with van der Waals surface area (Å²) in [5, 5.41) is 0. The van der Waals surface area contributed by atoms with E-state index in [9.17, 15) is 9.18 Å². The van der Waals surface area contributed by atoms with Gasteiger partial charge in [0.05, 0.1) is 0 Å². The molecule has 0 aromatic heterocycles. The second-order valence-electron chi connectivity index (χ2n) is 3.46. The number of carbonyl (C=O) groups is 1. The lowest BCUT2D eigenvalue weighted by atomic mass is 9.86. The van der Waals surface area contributed by atoms with Crippen LogP contribution in [-0.4, -0.2) is 6.29 Å². The van der Waals surface area contributed by atoms with Crippen LogP contribution in [0.3, 0.4) is 0 Å². The minimum atomic E-state index is -0.652. The van der Waals surface area contributed by atoms with Crippen molar-refractivity contribution < 1.29 is 9.18 Å². The molecule has 70 valence electrons. The molecule has 0 aliphatic carbocycles. The van der Waals surface area contributed by atoms with Crippen molar-refractivity contribution in [2.24, 2.45) is 0 Å². The Kier molecular flexibility index (Phi) is 2.86. The van der Waals surface area contributed by atoms with Crippen LogP contribution in [0.1, 0.15) is 19.4 Å². The Morgan fingerprint density at radius 3 is 2.62 bits per heavy atom. The van der Waals surface area contributed by atoms with Crippen molar-refractivity contribution in [1.82, 2.24) is 0 Å². The van der Waals surface area contributed by atoms with Gasteiger partial charge in [-0.2, -0.15) is 0 Å². The second-order valence-corrected chi connectivity index (χ2v) is 4.32. The van der Waals surface area contributed by atoms with E-state index < -0.39 is 5.41 Å². The summed E-state index contributed by atoms with van der Waals surface area (Å²) in [5.41, 5.74) is 0.0171. The number of rotatable bonds is 2. The summed E-state index contributed by atoms with van der Waals surface area (Å²) in [6, 6.07) is 4.34. The fraction of sp³-hybridized carbons (Fsp3) is 0.300. The molecule has 0 unspecified atom stereocenters. The molecule has 13 heavy (non-hydrogen) atoms. The largest absolute Gasteiger partial charge is 0.302 e.